The van der Waals surface area contributed by atoms with E-state index in [2.05, 4.69) is 16.0 Å². The molecule has 40 heavy (non-hydrogen) atoms. The number of nitrogens with zero attached hydrogens (tertiary/aromatic N) is 1. The minimum absolute atomic E-state index is 0.0897. The van der Waals surface area contributed by atoms with Gasteiger partial charge in [0.25, 0.3) is 11.8 Å². The number of nitrogens with one attached hydrogen (secondary N) is 3. The second kappa shape index (κ2) is 15.1. The number of hydrogen-bond acceptors (Lipinski definition) is 8. The van der Waals surface area contributed by atoms with Gasteiger partial charge in [0.1, 0.15) is 13.2 Å². The van der Waals surface area contributed by atoms with E-state index >= 15 is 0 Å². The molecule has 13 heteroatoms. The van der Waals surface area contributed by atoms with Crippen LogP contribution < -0.4 is 21.7 Å². The smallest absolute Gasteiger partial charge is 0.312 e. The van der Waals surface area contributed by atoms with E-state index in [9.17, 15) is 33.6 Å². The van der Waals surface area contributed by atoms with Crippen molar-refractivity contribution in [2.24, 2.45) is 17.6 Å². The van der Waals surface area contributed by atoms with Crippen LogP contribution >= 0.6 is 0 Å². The molecule has 0 unspecified atom stereocenters. The van der Waals surface area contributed by atoms with Crippen molar-refractivity contribution in [2.45, 2.75) is 52.7 Å². The molecule has 0 fully saturated rings. The number of rotatable bonds is 15. The van der Waals surface area contributed by atoms with E-state index in [0.717, 1.165) is 22.6 Å². The van der Waals surface area contributed by atoms with Crippen LogP contribution in [0.25, 0.3) is 0 Å². The van der Waals surface area contributed by atoms with Gasteiger partial charge in [0.2, 0.25) is 11.8 Å². The van der Waals surface area contributed by atoms with Crippen LogP contribution in [0.4, 0.5) is 10.5 Å². The van der Waals surface area contributed by atoms with Gasteiger partial charge in [0.15, 0.2) is 5.78 Å². The fourth-order valence-corrected chi connectivity index (χ4v) is 3.94. The Kier molecular flexibility index (Phi) is 12.0. The van der Waals surface area contributed by atoms with Crippen LogP contribution in [0.3, 0.4) is 0 Å². The van der Waals surface area contributed by atoms with Crippen LogP contribution in [0.2, 0.25) is 0 Å². The third kappa shape index (κ3) is 10.3. The van der Waals surface area contributed by atoms with Crippen LogP contribution in [-0.2, 0) is 40.1 Å². The Bertz CT molecular complexity index is 1140. The van der Waals surface area contributed by atoms with Crippen molar-refractivity contribution in [3.05, 3.63) is 42.0 Å². The molecule has 2 rings (SSSR count). The number of Topliss-reactive ketones (excluding diaryl/α,β-unsaturated/α-hetero) is 1. The summed E-state index contributed by atoms with van der Waals surface area (Å²) in [5.74, 6) is -4.31. The van der Waals surface area contributed by atoms with Crippen molar-refractivity contribution in [3.63, 3.8) is 0 Å². The summed E-state index contributed by atoms with van der Waals surface area (Å²) in [6.45, 7) is 4.51. The lowest BCUT2D eigenvalue weighted by Gasteiger charge is -2.25. The Labute approximate surface area is 231 Å². The highest BCUT2D eigenvalue weighted by atomic mass is 16.5. The van der Waals surface area contributed by atoms with Gasteiger partial charge in [-0.25, -0.2) is 4.79 Å². The third-order valence-electron chi connectivity index (χ3n) is 6.04. The van der Waals surface area contributed by atoms with E-state index in [4.69, 9.17) is 10.5 Å². The lowest BCUT2D eigenvalue weighted by Crippen LogP contribution is -2.49. The van der Waals surface area contributed by atoms with E-state index in [1.807, 2.05) is 0 Å². The van der Waals surface area contributed by atoms with Gasteiger partial charge in [-0.15, -0.1) is 0 Å². The minimum Gasteiger partial charge on any atom is -0.461 e. The van der Waals surface area contributed by atoms with E-state index in [1.54, 1.807) is 38.1 Å². The topological polar surface area (TPSA) is 194 Å². The number of urea groups is 1. The number of ether oxygens (including phenoxy) is 1. The summed E-state index contributed by atoms with van der Waals surface area (Å²) in [5, 5.41) is 7.79. The predicted octanol–water partition coefficient (Wildman–Crippen LogP) is 0.778. The maximum Gasteiger partial charge on any atom is 0.312 e. The summed E-state index contributed by atoms with van der Waals surface area (Å²) >= 11 is 0. The summed E-state index contributed by atoms with van der Waals surface area (Å²) in [6.07, 6.45) is 2.51. The van der Waals surface area contributed by atoms with Crippen LogP contribution in [0.1, 0.15) is 45.6 Å². The third-order valence-corrected chi connectivity index (χ3v) is 6.04. The van der Waals surface area contributed by atoms with Gasteiger partial charge in [-0.3, -0.25) is 33.7 Å². The number of primary amides is 1. The van der Waals surface area contributed by atoms with Crippen molar-refractivity contribution < 1.29 is 38.3 Å². The van der Waals surface area contributed by atoms with Crippen LogP contribution in [0, 0.1) is 11.8 Å². The molecule has 0 aromatic heterocycles. The molecule has 0 radical (unpaired) electrons. The molecular weight excluding hydrogens is 522 g/mol. The predicted molar refractivity (Wildman–Crippen MR) is 143 cm³/mol. The van der Waals surface area contributed by atoms with Crippen molar-refractivity contribution in [3.8, 4) is 0 Å². The summed E-state index contributed by atoms with van der Waals surface area (Å²) in [6, 6.07) is 4.97. The lowest BCUT2D eigenvalue weighted by atomic mass is 9.89. The number of benzene rings is 1. The molecule has 216 valence electrons. The van der Waals surface area contributed by atoms with Crippen LogP contribution in [0.5, 0.6) is 0 Å². The summed E-state index contributed by atoms with van der Waals surface area (Å²) < 4.78 is 4.95. The molecule has 6 amide bonds. The first-order chi connectivity index (χ1) is 18.9. The largest absolute Gasteiger partial charge is 0.461 e. The Morgan fingerprint density at radius 3 is 2.17 bits per heavy atom. The molecule has 0 bridgehead atoms. The number of anilines is 1. The first-order valence-electron chi connectivity index (χ1n) is 12.8. The molecule has 1 aromatic rings. The number of ketones is 1. The molecule has 0 saturated carbocycles. The zero-order valence-corrected chi connectivity index (χ0v) is 22.7. The van der Waals surface area contributed by atoms with Crippen molar-refractivity contribution >= 4 is 47.1 Å². The minimum atomic E-state index is -0.965. The number of hydrogen-bond donors (Lipinski definition) is 4. The van der Waals surface area contributed by atoms with Gasteiger partial charge in [-0.2, -0.15) is 0 Å². The molecule has 13 nitrogen and oxygen atoms in total. The Balaban J connectivity index is 2.08. The maximum atomic E-state index is 13.3. The van der Waals surface area contributed by atoms with Crippen LogP contribution in [0.15, 0.2) is 36.4 Å². The fourth-order valence-electron chi connectivity index (χ4n) is 3.94. The molecule has 5 N–H and O–H groups in total. The van der Waals surface area contributed by atoms with Crippen molar-refractivity contribution in [2.75, 3.05) is 18.4 Å². The second-order valence-corrected chi connectivity index (χ2v) is 9.65. The SMILES string of the molecule is CC(=O)OCc1ccc(NC(=O)[C@H](CCCNC(N)=O)CC(=O)[C@@H](NC(=O)CN2C(=O)C=CC2=O)C(C)C)cc1. The van der Waals surface area contributed by atoms with E-state index in [0.29, 0.717) is 12.1 Å². The first-order valence-corrected chi connectivity index (χ1v) is 12.8. The van der Waals surface area contributed by atoms with E-state index in [-0.39, 0.29) is 31.9 Å². The monoisotopic (exact) mass is 557 g/mol. The molecule has 0 spiro atoms. The summed E-state index contributed by atoms with van der Waals surface area (Å²) in [4.78, 5) is 85.3. The number of nitrogens with two attached hydrogens (primary N) is 1. The highest BCUT2D eigenvalue weighted by Gasteiger charge is 2.31. The van der Waals surface area contributed by atoms with Crippen molar-refractivity contribution in [1.29, 1.82) is 0 Å². The van der Waals surface area contributed by atoms with Crippen LogP contribution in [-0.4, -0.2) is 65.4 Å². The van der Waals surface area contributed by atoms with Gasteiger partial charge in [-0.1, -0.05) is 26.0 Å². The average molecular weight is 558 g/mol. The number of amides is 6. The Hall–Kier alpha value is -4.55. The highest BCUT2D eigenvalue weighted by molar-refractivity contribution is 6.14. The molecule has 2 atom stereocenters. The number of carbonyl (C=O) groups excluding carboxylic acids is 7. The van der Waals surface area contributed by atoms with Gasteiger partial charge in [0, 0.05) is 43.6 Å². The highest BCUT2D eigenvalue weighted by Crippen LogP contribution is 2.19. The van der Waals surface area contributed by atoms with Gasteiger partial charge in [-0.05, 0) is 36.5 Å². The molecular formula is C27H35N5O8. The van der Waals surface area contributed by atoms with Gasteiger partial charge >= 0.3 is 12.0 Å². The van der Waals surface area contributed by atoms with E-state index < -0.39 is 59.9 Å². The normalized spacial score (nSPS) is 14.1. The molecule has 1 heterocycles. The fraction of sp³-hybridized carbons (Fsp3) is 0.444. The second-order valence-electron chi connectivity index (χ2n) is 9.65. The van der Waals surface area contributed by atoms with Gasteiger partial charge < -0.3 is 26.4 Å². The zero-order chi connectivity index (χ0) is 29.8. The molecule has 0 aliphatic carbocycles. The molecule has 1 aromatic carbocycles. The number of imide groups is 1. The van der Waals surface area contributed by atoms with Gasteiger partial charge in [0.05, 0.1) is 6.04 Å². The van der Waals surface area contributed by atoms with E-state index in [1.165, 1.54) is 6.92 Å². The Morgan fingerprint density at radius 1 is 1.00 bits per heavy atom. The quantitative estimate of drug-likeness (QED) is 0.138. The first kappa shape index (κ1) is 31.7. The molecule has 0 saturated heterocycles. The number of carbonyl (C=O) groups is 7. The maximum absolute atomic E-state index is 13.3. The zero-order valence-electron chi connectivity index (χ0n) is 22.7. The standard InChI is InChI=1S/C27H35N5O8/c1-16(2)25(31-22(35)14-32-23(36)10-11-24(32)37)21(34)13-19(5-4-12-29-27(28)39)26(38)30-20-8-6-18(7-9-20)15-40-17(3)33/h6-11,16,19,25H,4-5,12-15H2,1-3H3,(H,30,38)(H,31,35)(H3,28,29,39)/t19-,25+/m1/s1. The average Bonchev–Trinajstić information content (AvgIpc) is 3.20. The summed E-state index contributed by atoms with van der Waals surface area (Å²) in [5.41, 5.74) is 6.28. The summed E-state index contributed by atoms with van der Waals surface area (Å²) in [7, 11) is 0. The van der Waals surface area contributed by atoms with Crippen molar-refractivity contribution in [1.82, 2.24) is 15.5 Å². The molecule has 1 aliphatic rings. The number of esters is 1. The lowest BCUT2D eigenvalue weighted by molar-refractivity contribution is -0.142. The molecule has 1 aliphatic heterocycles. The Morgan fingerprint density at radius 2 is 1.62 bits per heavy atom.